The number of carbonyl (C=O) groups excluding carboxylic acids is 1. The number of nitrogens with one attached hydrogen (secondary N) is 1. The fourth-order valence-electron chi connectivity index (χ4n) is 2.07. The van der Waals surface area contributed by atoms with Crippen LogP contribution in [0.4, 0.5) is 0 Å². The minimum absolute atomic E-state index is 0.139. The van der Waals surface area contributed by atoms with Crippen molar-refractivity contribution in [1.29, 1.82) is 0 Å². The van der Waals surface area contributed by atoms with Crippen molar-refractivity contribution >= 4 is 40.0 Å². The van der Waals surface area contributed by atoms with Gasteiger partial charge in [0.25, 0.3) is 5.56 Å². The van der Waals surface area contributed by atoms with Gasteiger partial charge in [0.15, 0.2) is 0 Å². The third-order valence-electron chi connectivity index (χ3n) is 2.98. The Kier molecular flexibility index (Phi) is 5.39. The van der Waals surface area contributed by atoms with Crippen molar-refractivity contribution < 1.29 is 9.53 Å². The van der Waals surface area contributed by atoms with E-state index in [4.69, 9.17) is 27.9 Å². The molecule has 0 aliphatic rings. The first-order valence-electron chi connectivity index (χ1n) is 6.55. The van der Waals surface area contributed by atoms with E-state index in [0.29, 0.717) is 22.2 Å². The molecule has 0 fully saturated rings. The van der Waals surface area contributed by atoms with Crippen molar-refractivity contribution in [3.63, 3.8) is 0 Å². The lowest BCUT2D eigenvalue weighted by Gasteiger charge is -2.13. The predicted octanol–water partition coefficient (Wildman–Crippen LogP) is 1.85. The minimum Gasteiger partial charge on any atom is -0.383 e. The fraction of sp³-hybridized carbons (Fsp3) is 0.357. The van der Waals surface area contributed by atoms with Gasteiger partial charge in [-0.3, -0.25) is 14.2 Å². The monoisotopic (exact) mass is 343 g/mol. The number of benzene rings is 1. The summed E-state index contributed by atoms with van der Waals surface area (Å²) in [7, 11) is 1.55. The Labute approximate surface area is 137 Å². The summed E-state index contributed by atoms with van der Waals surface area (Å²) in [6.07, 6.45) is 1.30. The lowest BCUT2D eigenvalue weighted by molar-refractivity contribution is -0.122. The van der Waals surface area contributed by atoms with Crippen molar-refractivity contribution in [2.75, 3.05) is 13.7 Å². The molecular weight excluding hydrogens is 329 g/mol. The average molecular weight is 344 g/mol. The molecule has 1 aromatic heterocycles. The summed E-state index contributed by atoms with van der Waals surface area (Å²) in [6, 6.07) is 2.85. The maximum absolute atomic E-state index is 12.4. The normalized spacial score (nSPS) is 12.4. The molecule has 1 heterocycles. The van der Waals surface area contributed by atoms with Crippen molar-refractivity contribution in [2.24, 2.45) is 0 Å². The van der Waals surface area contributed by atoms with Crippen molar-refractivity contribution in [3.05, 3.63) is 38.9 Å². The maximum atomic E-state index is 12.4. The van der Waals surface area contributed by atoms with Crippen LogP contribution in [0.15, 0.2) is 23.3 Å². The standard InChI is InChI=1S/C14H15Cl2N3O3/c1-8(6-22-2)18-12(20)5-19-7-17-13-10(14(19)21)3-9(15)4-11(13)16/h3-4,7-8H,5-6H2,1-2H3,(H,18,20)/t8-/m1/s1. The number of carbonyl (C=O) groups is 1. The van der Waals surface area contributed by atoms with Crippen LogP contribution in [-0.2, 0) is 16.1 Å². The van der Waals surface area contributed by atoms with Gasteiger partial charge in [0.1, 0.15) is 6.54 Å². The molecule has 0 spiro atoms. The lowest BCUT2D eigenvalue weighted by Crippen LogP contribution is -2.39. The molecule has 2 rings (SSSR count). The van der Waals surface area contributed by atoms with E-state index in [1.54, 1.807) is 7.11 Å². The second kappa shape index (κ2) is 7.09. The molecule has 118 valence electrons. The molecule has 8 heteroatoms. The van der Waals surface area contributed by atoms with Gasteiger partial charge >= 0.3 is 0 Å². The summed E-state index contributed by atoms with van der Waals surface area (Å²) in [5.74, 6) is -0.305. The molecule has 22 heavy (non-hydrogen) atoms. The second-order valence-corrected chi connectivity index (χ2v) is 5.73. The Morgan fingerprint density at radius 2 is 2.18 bits per heavy atom. The van der Waals surface area contributed by atoms with E-state index in [1.165, 1.54) is 23.0 Å². The number of amides is 1. The highest BCUT2D eigenvalue weighted by molar-refractivity contribution is 6.38. The molecule has 0 radical (unpaired) electrons. The van der Waals surface area contributed by atoms with Crippen LogP contribution in [0.1, 0.15) is 6.92 Å². The van der Waals surface area contributed by atoms with Crippen LogP contribution in [0.3, 0.4) is 0 Å². The third kappa shape index (κ3) is 3.76. The zero-order valence-electron chi connectivity index (χ0n) is 12.1. The van der Waals surface area contributed by atoms with Crippen LogP contribution in [0.25, 0.3) is 10.9 Å². The molecule has 0 aliphatic heterocycles. The van der Waals surface area contributed by atoms with Crippen LogP contribution in [0, 0.1) is 0 Å². The van der Waals surface area contributed by atoms with Gasteiger partial charge in [-0.25, -0.2) is 4.98 Å². The van der Waals surface area contributed by atoms with Gasteiger partial charge < -0.3 is 10.1 Å². The summed E-state index contributed by atoms with van der Waals surface area (Å²) < 4.78 is 6.15. The maximum Gasteiger partial charge on any atom is 0.261 e. The molecule has 0 bridgehead atoms. The molecule has 0 saturated heterocycles. The number of hydrogen-bond acceptors (Lipinski definition) is 4. The van der Waals surface area contributed by atoms with E-state index in [2.05, 4.69) is 10.3 Å². The highest BCUT2D eigenvalue weighted by Crippen LogP contribution is 2.23. The highest BCUT2D eigenvalue weighted by atomic mass is 35.5. The van der Waals surface area contributed by atoms with E-state index in [1.807, 2.05) is 6.92 Å². The Balaban J connectivity index is 2.28. The number of rotatable bonds is 5. The van der Waals surface area contributed by atoms with Gasteiger partial charge in [-0.1, -0.05) is 23.2 Å². The first-order valence-corrected chi connectivity index (χ1v) is 7.30. The van der Waals surface area contributed by atoms with Crippen LogP contribution in [0.2, 0.25) is 10.0 Å². The average Bonchev–Trinajstić information content (AvgIpc) is 2.42. The Hall–Kier alpha value is -1.63. The van der Waals surface area contributed by atoms with E-state index < -0.39 is 0 Å². The quantitative estimate of drug-likeness (QED) is 0.899. The van der Waals surface area contributed by atoms with Gasteiger partial charge in [0.05, 0.1) is 28.9 Å². The van der Waals surface area contributed by atoms with Gasteiger partial charge in [-0.05, 0) is 19.1 Å². The van der Waals surface area contributed by atoms with Crippen LogP contribution in [-0.4, -0.2) is 35.2 Å². The zero-order valence-corrected chi connectivity index (χ0v) is 13.6. The molecule has 1 amide bonds. The summed E-state index contributed by atoms with van der Waals surface area (Å²) in [5.41, 5.74) is -0.00980. The SMILES string of the molecule is COC[C@@H](C)NC(=O)Cn1cnc2c(Cl)cc(Cl)cc2c1=O. The van der Waals surface area contributed by atoms with Crippen molar-refractivity contribution in [3.8, 4) is 0 Å². The summed E-state index contributed by atoms with van der Waals surface area (Å²) in [6.45, 7) is 2.06. The topological polar surface area (TPSA) is 73.2 Å². The molecule has 6 nitrogen and oxygen atoms in total. The zero-order chi connectivity index (χ0) is 16.3. The van der Waals surface area contributed by atoms with Gasteiger partial charge in [-0.15, -0.1) is 0 Å². The van der Waals surface area contributed by atoms with E-state index in [-0.39, 0.29) is 29.4 Å². The van der Waals surface area contributed by atoms with Crippen LogP contribution < -0.4 is 10.9 Å². The fourth-order valence-corrected chi connectivity index (χ4v) is 2.62. The number of fused-ring (bicyclic) bond motifs is 1. The molecule has 1 N–H and O–H groups in total. The first kappa shape index (κ1) is 16.7. The summed E-state index contributed by atoms with van der Waals surface area (Å²) in [4.78, 5) is 28.4. The second-order valence-electron chi connectivity index (χ2n) is 4.89. The number of hydrogen-bond donors (Lipinski definition) is 1. The van der Waals surface area contributed by atoms with Gasteiger partial charge in [0, 0.05) is 18.2 Å². The Morgan fingerprint density at radius 3 is 2.86 bits per heavy atom. The molecule has 0 aliphatic carbocycles. The molecule has 0 unspecified atom stereocenters. The minimum atomic E-state index is -0.371. The number of halogens is 2. The smallest absolute Gasteiger partial charge is 0.261 e. The van der Waals surface area contributed by atoms with E-state index in [9.17, 15) is 9.59 Å². The first-order chi connectivity index (χ1) is 10.4. The number of nitrogens with zero attached hydrogens (tertiary/aromatic N) is 2. The van der Waals surface area contributed by atoms with Crippen molar-refractivity contribution in [2.45, 2.75) is 19.5 Å². The van der Waals surface area contributed by atoms with Crippen LogP contribution >= 0.6 is 23.2 Å². The molecule has 2 aromatic rings. The number of aromatic nitrogens is 2. The third-order valence-corrected chi connectivity index (χ3v) is 3.49. The highest BCUT2D eigenvalue weighted by Gasteiger charge is 2.12. The summed E-state index contributed by atoms with van der Waals surface area (Å²) >= 11 is 11.9. The van der Waals surface area contributed by atoms with E-state index >= 15 is 0 Å². The predicted molar refractivity (Wildman–Crippen MR) is 85.5 cm³/mol. The molecule has 1 aromatic carbocycles. The number of methoxy groups -OCH3 is 1. The van der Waals surface area contributed by atoms with Gasteiger partial charge in [0.2, 0.25) is 5.91 Å². The van der Waals surface area contributed by atoms with E-state index in [0.717, 1.165) is 0 Å². The Morgan fingerprint density at radius 1 is 1.45 bits per heavy atom. The molecule has 0 saturated carbocycles. The van der Waals surface area contributed by atoms with Gasteiger partial charge in [-0.2, -0.15) is 0 Å². The Bertz CT molecular complexity index is 761. The largest absolute Gasteiger partial charge is 0.383 e. The lowest BCUT2D eigenvalue weighted by atomic mass is 10.2. The molecular formula is C14H15Cl2N3O3. The van der Waals surface area contributed by atoms with Crippen LogP contribution in [0.5, 0.6) is 0 Å². The molecule has 1 atom stereocenters. The summed E-state index contributed by atoms with van der Waals surface area (Å²) in [5, 5.41) is 3.64. The van der Waals surface area contributed by atoms with Crippen molar-refractivity contribution in [1.82, 2.24) is 14.9 Å². The number of ether oxygens (including phenoxy) is 1.